The van der Waals surface area contributed by atoms with Crippen LogP contribution < -0.4 is 0 Å². The Morgan fingerprint density at radius 1 is 1.11 bits per heavy atom. The molecule has 35 heavy (non-hydrogen) atoms. The van der Waals surface area contributed by atoms with Crippen molar-refractivity contribution in [1.29, 1.82) is 0 Å². The number of ether oxygens (including phenoxy) is 2. The Hall–Kier alpha value is -4.06. The molecule has 9 nitrogen and oxygen atoms in total. The van der Waals surface area contributed by atoms with E-state index in [1.807, 2.05) is 0 Å². The molecular formula is C23H16F3NO8. The van der Waals surface area contributed by atoms with Crippen molar-refractivity contribution in [2.45, 2.75) is 24.8 Å². The van der Waals surface area contributed by atoms with Crippen molar-refractivity contribution < 1.29 is 47.1 Å². The van der Waals surface area contributed by atoms with Crippen LogP contribution in [0.1, 0.15) is 39.1 Å². The van der Waals surface area contributed by atoms with Gasteiger partial charge in [-0.2, -0.15) is 13.2 Å². The summed E-state index contributed by atoms with van der Waals surface area (Å²) >= 11 is 0. The number of esters is 1. The van der Waals surface area contributed by atoms with Gasteiger partial charge in [0.15, 0.2) is 11.5 Å². The van der Waals surface area contributed by atoms with Crippen molar-refractivity contribution >= 4 is 23.2 Å². The normalized spacial score (nSPS) is 23.8. The number of rotatable bonds is 4. The first kappa shape index (κ1) is 24.1. The van der Waals surface area contributed by atoms with Gasteiger partial charge in [0.2, 0.25) is 5.78 Å². The van der Waals surface area contributed by atoms with Crippen LogP contribution in [-0.2, 0) is 14.3 Å². The number of carbonyl (C=O) groups excluding carboxylic acids is 3. The maximum Gasteiger partial charge on any atom is 0.456 e. The van der Waals surface area contributed by atoms with Gasteiger partial charge in [0, 0.05) is 29.2 Å². The fraction of sp³-hybridized carbons (Fsp3) is 0.261. The van der Waals surface area contributed by atoms with E-state index >= 15 is 0 Å². The fourth-order valence-corrected chi connectivity index (χ4v) is 4.29. The highest BCUT2D eigenvalue weighted by Crippen LogP contribution is 2.54. The smallest absolute Gasteiger partial charge is 0.456 e. The minimum atomic E-state index is -5.61. The number of hydrogen-bond acceptors (Lipinski definition) is 8. The van der Waals surface area contributed by atoms with E-state index in [0.29, 0.717) is 0 Å². The molecule has 1 heterocycles. The molecule has 1 aliphatic carbocycles. The third-order valence-corrected chi connectivity index (χ3v) is 5.85. The number of allylic oxidation sites excluding steroid dienone is 2. The largest absolute Gasteiger partial charge is 0.466 e. The molecule has 0 spiro atoms. The lowest BCUT2D eigenvalue weighted by atomic mass is 9.69. The summed E-state index contributed by atoms with van der Waals surface area (Å²) in [6, 6.07) is 9.34. The predicted molar refractivity (Wildman–Crippen MR) is 110 cm³/mol. The number of fused-ring (bicyclic) bond motifs is 1. The summed E-state index contributed by atoms with van der Waals surface area (Å²) in [5.41, 5.74) is -1.54. The van der Waals surface area contributed by atoms with E-state index in [2.05, 4.69) is 0 Å². The number of non-ortho nitro benzene ring substituents is 1. The Labute approximate surface area is 194 Å². The number of nitro benzene ring substituents is 1. The lowest BCUT2D eigenvalue weighted by Crippen LogP contribution is -2.61. The molecule has 4 rings (SSSR count). The zero-order chi connectivity index (χ0) is 25.7. The van der Waals surface area contributed by atoms with Gasteiger partial charge in [0.25, 0.3) is 5.69 Å². The molecule has 182 valence electrons. The van der Waals surface area contributed by atoms with Gasteiger partial charge in [-0.1, -0.05) is 36.4 Å². The number of nitrogens with zero attached hydrogens (tertiary/aromatic N) is 1. The van der Waals surface area contributed by atoms with Gasteiger partial charge < -0.3 is 14.6 Å². The Morgan fingerprint density at radius 2 is 1.69 bits per heavy atom. The summed E-state index contributed by atoms with van der Waals surface area (Å²) in [6.45, 7) is 0.962. The number of benzene rings is 2. The van der Waals surface area contributed by atoms with Crippen LogP contribution in [0.2, 0.25) is 0 Å². The van der Waals surface area contributed by atoms with Crippen LogP contribution >= 0.6 is 0 Å². The van der Waals surface area contributed by atoms with Crippen molar-refractivity contribution in [3.05, 3.63) is 86.7 Å². The second kappa shape index (κ2) is 8.31. The Morgan fingerprint density at radius 3 is 2.20 bits per heavy atom. The Bertz CT molecular complexity index is 1280. The lowest BCUT2D eigenvalue weighted by Gasteiger charge is -2.45. The molecule has 0 radical (unpaired) electrons. The van der Waals surface area contributed by atoms with Crippen LogP contribution in [0.15, 0.2) is 59.9 Å². The van der Waals surface area contributed by atoms with E-state index < -0.39 is 63.3 Å². The van der Waals surface area contributed by atoms with Gasteiger partial charge in [0.05, 0.1) is 17.1 Å². The third kappa shape index (κ3) is 3.66. The maximum atomic E-state index is 14.2. The minimum Gasteiger partial charge on any atom is -0.466 e. The quantitative estimate of drug-likeness (QED) is 0.391. The van der Waals surface area contributed by atoms with E-state index in [1.165, 1.54) is 31.2 Å². The van der Waals surface area contributed by atoms with E-state index in [1.54, 1.807) is 0 Å². The van der Waals surface area contributed by atoms with E-state index in [9.17, 15) is 42.8 Å². The molecule has 1 aliphatic heterocycles. The summed E-state index contributed by atoms with van der Waals surface area (Å²) < 4.78 is 52.3. The average Bonchev–Trinajstić information content (AvgIpc) is 2.81. The minimum absolute atomic E-state index is 0.133. The fourth-order valence-electron chi connectivity index (χ4n) is 4.29. The lowest BCUT2D eigenvalue weighted by molar-refractivity contribution is -0.384. The average molecular weight is 491 g/mol. The summed E-state index contributed by atoms with van der Waals surface area (Å²) in [4.78, 5) is 49.7. The van der Waals surface area contributed by atoms with Crippen LogP contribution in [0.5, 0.6) is 0 Å². The molecule has 0 bridgehead atoms. The molecule has 0 aromatic heterocycles. The molecule has 1 N–H and O–H groups in total. The molecule has 12 heteroatoms. The molecular weight excluding hydrogens is 475 g/mol. The number of Topliss-reactive ketones (excluding diaryl/α,β-unsaturated/α-hetero) is 2. The highest BCUT2D eigenvalue weighted by atomic mass is 19.4. The van der Waals surface area contributed by atoms with Crippen molar-refractivity contribution in [2.75, 3.05) is 6.61 Å². The zero-order valence-corrected chi connectivity index (χ0v) is 17.9. The van der Waals surface area contributed by atoms with Crippen LogP contribution in [-0.4, -0.2) is 46.1 Å². The monoisotopic (exact) mass is 491 g/mol. The van der Waals surface area contributed by atoms with Crippen LogP contribution in [0, 0.1) is 16.0 Å². The number of aliphatic hydroxyl groups is 1. The summed E-state index contributed by atoms with van der Waals surface area (Å²) in [6.07, 6.45) is -5.61. The van der Waals surface area contributed by atoms with E-state index in [0.717, 1.165) is 24.3 Å². The SMILES string of the molecule is CCOC(=O)[C@H]1[C@H](c2ccc([N+](=O)[O-])cc2)C2=C(O[C@]1(O)C(F)(F)F)C(=O)c1ccccc1C2=O. The number of ketones is 2. The second-order valence-electron chi connectivity index (χ2n) is 7.80. The third-order valence-electron chi connectivity index (χ3n) is 5.85. The van der Waals surface area contributed by atoms with E-state index in [4.69, 9.17) is 9.47 Å². The van der Waals surface area contributed by atoms with Gasteiger partial charge in [-0.05, 0) is 12.5 Å². The summed E-state index contributed by atoms with van der Waals surface area (Å²) in [7, 11) is 0. The molecule has 0 fully saturated rings. The van der Waals surface area contributed by atoms with Crippen LogP contribution in [0.4, 0.5) is 18.9 Å². The molecule has 0 unspecified atom stereocenters. The highest BCUT2D eigenvalue weighted by Gasteiger charge is 2.70. The predicted octanol–water partition coefficient (Wildman–Crippen LogP) is 3.47. The van der Waals surface area contributed by atoms with Gasteiger partial charge in [-0.25, -0.2) is 0 Å². The Balaban J connectivity index is 2.04. The number of hydrogen-bond donors (Lipinski definition) is 1. The summed E-state index contributed by atoms with van der Waals surface area (Å²) in [5, 5.41) is 21.8. The molecule has 3 atom stereocenters. The first-order chi connectivity index (χ1) is 16.4. The molecule has 0 saturated carbocycles. The van der Waals surface area contributed by atoms with Crippen molar-refractivity contribution in [3.8, 4) is 0 Å². The summed E-state index contributed by atoms with van der Waals surface area (Å²) in [5.74, 6) is -13.3. The molecule has 2 aromatic carbocycles. The number of nitro groups is 1. The van der Waals surface area contributed by atoms with Crippen molar-refractivity contribution in [2.24, 2.45) is 5.92 Å². The van der Waals surface area contributed by atoms with E-state index in [-0.39, 0.29) is 23.3 Å². The highest BCUT2D eigenvalue weighted by molar-refractivity contribution is 6.27. The van der Waals surface area contributed by atoms with Crippen LogP contribution in [0.3, 0.4) is 0 Å². The van der Waals surface area contributed by atoms with Gasteiger partial charge in [-0.3, -0.25) is 24.5 Å². The van der Waals surface area contributed by atoms with Crippen molar-refractivity contribution in [1.82, 2.24) is 0 Å². The standard InChI is InChI=1S/C23H16F3NO8/c1-2-34-21(30)17-15(11-7-9-12(10-8-11)27(32)33)16-18(28)13-5-3-4-6-14(13)19(29)20(16)35-22(17,31)23(24,25)26/h3-10,15,17,31H,2H2,1H3/t15-,17-,22+/m1/s1. The first-order valence-electron chi connectivity index (χ1n) is 10.2. The van der Waals surface area contributed by atoms with Gasteiger partial charge in [0.1, 0.15) is 5.92 Å². The van der Waals surface area contributed by atoms with Gasteiger partial charge >= 0.3 is 17.9 Å². The maximum absolute atomic E-state index is 14.2. The first-order valence-corrected chi connectivity index (χ1v) is 10.2. The van der Waals surface area contributed by atoms with Crippen LogP contribution in [0.25, 0.3) is 0 Å². The second-order valence-corrected chi connectivity index (χ2v) is 7.80. The topological polar surface area (TPSA) is 133 Å². The molecule has 0 amide bonds. The Kier molecular flexibility index (Phi) is 5.71. The molecule has 0 saturated heterocycles. The number of alkyl halides is 3. The van der Waals surface area contributed by atoms with Gasteiger partial charge in [-0.15, -0.1) is 0 Å². The number of halogens is 3. The number of carbonyl (C=O) groups is 3. The molecule has 2 aliphatic rings. The van der Waals surface area contributed by atoms with Crippen molar-refractivity contribution in [3.63, 3.8) is 0 Å². The molecule has 2 aromatic rings. The zero-order valence-electron chi connectivity index (χ0n) is 17.9.